The molecular formula is C6H9F2N3OS. The summed E-state index contributed by atoms with van der Waals surface area (Å²) in [6, 6.07) is 0. The molecule has 4 nitrogen and oxygen atoms in total. The maximum atomic E-state index is 11.8. The number of halogens is 2. The normalized spacial score (nSPS) is 13.3. The van der Waals surface area contributed by atoms with Gasteiger partial charge in [0.25, 0.3) is 6.43 Å². The number of hydrogen-bond donors (Lipinski definition) is 2. The standard InChI is InChI=1S/C6H9F2N3OS/c1-3-10-6(13-11-3)9-2-4(12)5(7)8/h4-5,12H,2H2,1H3,(H,9,10,11). The second-order valence-electron chi connectivity index (χ2n) is 2.43. The van der Waals surface area contributed by atoms with Crippen LogP contribution in [0.3, 0.4) is 0 Å². The molecule has 7 heteroatoms. The molecule has 0 aliphatic carbocycles. The fourth-order valence-electron chi connectivity index (χ4n) is 0.650. The quantitative estimate of drug-likeness (QED) is 0.773. The molecule has 74 valence electrons. The summed E-state index contributed by atoms with van der Waals surface area (Å²) in [6.45, 7) is 1.48. The first-order valence-electron chi connectivity index (χ1n) is 3.60. The van der Waals surface area contributed by atoms with Crippen LogP contribution in [0.1, 0.15) is 5.82 Å². The average molecular weight is 209 g/mol. The second-order valence-corrected chi connectivity index (χ2v) is 3.18. The van der Waals surface area contributed by atoms with Gasteiger partial charge in [-0.15, -0.1) is 0 Å². The first-order chi connectivity index (χ1) is 6.09. The van der Waals surface area contributed by atoms with Crippen molar-refractivity contribution in [2.75, 3.05) is 11.9 Å². The van der Waals surface area contributed by atoms with E-state index >= 15 is 0 Å². The Morgan fingerprint density at radius 2 is 2.31 bits per heavy atom. The predicted molar refractivity (Wildman–Crippen MR) is 45.1 cm³/mol. The minimum absolute atomic E-state index is 0.216. The number of hydrogen-bond acceptors (Lipinski definition) is 5. The maximum absolute atomic E-state index is 11.8. The van der Waals surface area contributed by atoms with E-state index in [2.05, 4.69) is 14.7 Å². The van der Waals surface area contributed by atoms with Crippen molar-refractivity contribution >= 4 is 16.7 Å². The maximum Gasteiger partial charge on any atom is 0.265 e. The lowest BCUT2D eigenvalue weighted by molar-refractivity contribution is 0.00384. The number of aryl methyl sites for hydroxylation is 1. The van der Waals surface area contributed by atoms with Crippen LogP contribution in [0.2, 0.25) is 0 Å². The van der Waals surface area contributed by atoms with E-state index in [4.69, 9.17) is 5.11 Å². The van der Waals surface area contributed by atoms with Crippen LogP contribution in [0, 0.1) is 6.92 Å². The average Bonchev–Trinajstić information content (AvgIpc) is 2.47. The number of aliphatic hydroxyl groups excluding tert-OH is 1. The van der Waals surface area contributed by atoms with Crippen molar-refractivity contribution in [3.05, 3.63) is 5.82 Å². The fraction of sp³-hybridized carbons (Fsp3) is 0.667. The third-order valence-corrected chi connectivity index (χ3v) is 2.04. The van der Waals surface area contributed by atoms with Crippen LogP contribution >= 0.6 is 11.5 Å². The molecule has 1 atom stereocenters. The molecule has 1 rings (SSSR count). The van der Waals surface area contributed by atoms with Crippen molar-refractivity contribution in [2.45, 2.75) is 19.5 Å². The smallest absolute Gasteiger partial charge is 0.265 e. The van der Waals surface area contributed by atoms with Gasteiger partial charge in [0, 0.05) is 18.1 Å². The number of nitrogens with zero attached hydrogens (tertiary/aromatic N) is 2. The van der Waals surface area contributed by atoms with Crippen molar-refractivity contribution in [3.63, 3.8) is 0 Å². The third-order valence-electron chi connectivity index (χ3n) is 1.28. The first kappa shape index (κ1) is 10.3. The highest BCUT2D eigenvalue weighted by atomic mass is 32.1. The van der Waals surface area contributed by atoms with Gasteiger partial charge < -0.3 is 10.4 Å². The van der Waals surface area contributed by atoms with Gasteiger partial charge in [0.2, 0.25) is 5.13 Å². The number of aliphatic hydroxyl groups is 1. The van der Waals surface area contributed by atoms with Gasteiger partial charge in [-0.3, -0.25) is 0 Å². The first-order valence-corrected chi connectivity index (χ1v) is 4.37. The molecule has 1 aromatic rings. The molecule has 0 aromatic carbocycles. The molecule has 1 unspecified atom stereocenters. The van der Waals surface area contributed by atoms with E-state index in [1.165, 1.54) is 0 Å². The number of aromatic nitrogens is 2. The molecule has 13 heavy (non-hydrogen) atoms. The van der Waals surface area contributed by atoms with Gasteiger partial charge in [0.15, 0.2) is 0 Å². The third kappa shape index (κ3) is 3.19. The van der Waals surface area contributed by atoms with E-state index in [-0.39, 0.29) is 6.54 Å². The van der Waals surface area contributed by atoms with Crippen molar-refractivity contribution in [3.8, 4) is 0 Å². The molecule has 0 aliphatic heterocycles. The van der Waals surface area contributed by atoms with E-state index in [1.54, 1.807) is 6.92 Å². The lowest BCUT2D eigenvalue weighted by Gasteiger charge is -2.08. The summed E-state index contributed by atoms with van der Waals surface area (Å²) in [5.41, 5.74) is 0. The van der Waals surface area contributed by atoms with Crippen LogP contribution in [-0.4, -0.2) is 33.5 Å². The molecule has 0 aliphatic rings. The summed E-state index contributed by atoms with van der Waals surface area (Å²) in [6.07, 6.45) is -4.40. The molecular weight excluding hydrogens is 200 g/mol. The molecule has 0 amide bonds. The minimum Gasteiger partial charge on any atom is -0.385 e. The van der Waals surface area contributed by atoms with Crippen molar-refractivity contribution < 1.29 is 13.9 Å². The number of anilines is 1. The summed E-state index contributed by atoms with van der Waals surface area (Å²) >= 11 is 1.08. The van der Waals surface area contributed by atoms with Crippen LogP contribution < -0.4 is 5.32 Å². The Hall–Kier alpha value is -0.820. The Bertz CT molecular complexity index is 268. The highest BCUT2D eigenvalue weighted by molar-refractivity contribution is 7.09. The predicted octanol–water partition coefficient (Wildman–Crippen LogP) is 0.884. The zero-order valence-corrected chi connectivity index (χ0v) is 7.68. The van der Waals surface area contributed by atoms with Gasteiger partial charge in [-0.05, 0) is 6.92 Å². The van der Waals surface area contributed by atoms with Gasteiger partial charge >= 0.3 is 0 Å². The largest absolute Gasteiger partial charge is 0.385 e. The molecule has 0 saturated carbocycles. The Morgan fingerprint density at radius 3 is 2.77 bits per heavy atom. The molecule has 2 N–H and O–H groups in total. The Kier molecular flexibility index (Phi) is 3.49. The van der Waals surface area contributed by atoms with E-state index < -0.39 is 12.5 Å². The molecule has 0 radical (unpaired) electrons. The summed E-state index contributed by atoms with van der Waals surface area (Å²) in [7, 11) is 0. The minimum atomic E-state index is -2.73. The Labute approximate surface area is 77.8 Å². The summed E-state index contributed by atoms with van der Waals surface area (Å²) in [5, 5.41) is 11.7. The van der Waals surface area contributed by atoms with E-state index in [1.807, 2.05) is 0 Å². The second kappa shape index (κ2) is 4.43. The molecule has 1 aromatic heterocycles. The number of rotatable bonds is 4. The molecule has 1 heterocycles. The van der Waals surface area contributed by atoms with Crippen molar-refractivity contribution in [2.24, 2.45) is 0 Å². The summed E-state index contributed by atoms with van der Waals surface area (Å²) < 4.78 is 27.5. The highest BCUT2D eigenvalue weighted by Crippen LogP contribution is 2.10. The SMILES string of the molecule is Cc1nsc(NCC(O)C(F)F)n1. The summed E-state index contributed by atoms with van der Waals surface area (Å²) in [5.74, 6) is 0.582. The Balaban J connectivity index is 2.35. The topological polar surface area (TPSA) is 58.0 Å². The highest BCUT2D eigenvalue weighted by Gasteiger charge is 2.16. The molecule has 0 spiro atoms. The van der Waals surface area contributed by atoms with Gasteiger partial charge in [0.05, 0.1) is 0 Å². The van der Waals surface area contributed by atoms with Crippen LogP contribution in [0.4, 0.5) is 13.9 Å². The van der Waals surface area contributed by atoms with Crippen LogP contribution in [0.15, 0.2) is 0 Å². The summed E-state index contributed by atoms with van der Waals surface area (Å²) in [4.78, 5) is 3.88. The molecule has 0 saturated heterocycles. The van der Waals surface area contributed by atoms with Crippen LogP contribution in [-0.2, 0) is 0 Å². The zero-order valence-electron chi connectivity index (χ0n) is 6.87. The fourth-order valence-corrected chi connectivity index (χ4v) is 1.23. The van der Waals surface area contributed by atoms with Crippen LogP contribution in [0.25, 0.3) is 0 Å². The monoisotopic (exact) mass is 209 g/mol. The Morgan fingerprint density at radius 1 is 1.62 bits per heavy atom. The zero-order chi connectivity index (χ0) is 9.84. The number of nitrogens with one attached hydrogen (secondary N) is 1. The van der Waals surface area contributed by atoms with Gasteiger partial charge in [-0.2, -0.15) is 4.37 Å². The van der Waals surface area contributed by atoms with E-state index in [0.29, 0.717) is 11.0 Å². The van der Waals surface area contributed by atoms with E-state index in [0.717, 1.165) is 11.5 Å². The van der Waals surface area contributed by atoms with Crippen molar-refractivity contribution in [1.82, 2.24) is 9.36 Å². The molecule has 0 fully saturated rings. The lowest BCUT2D eigenvalue weighted by atomic mass is 10.4. The van der Waals surface area contributed by atoms with E-state index in [9.17, 15) is 8.78 Å². The number of alkyl halides is 2. The lowest BCUT2D eigenvalue weighted by Crippen LogP contribution is -2.26. The van der Waals surface area contributed by atoms with Crippen molar-refractivity contribution in [1.29, 1.82) is 0 Å². The molecule has 0 bridgehead atoms. The van der Waals surface area contributed by atoms with Crippen LogP contribution in [0.5, 0.6) is 0 Å². The van der Waals surface area contributed by atoms with Gasteiger partial charge in [0.1, 0.15) is 11.9 Å². The van der Waals surface area contributed by atoms with Gasteiger partial charge in [-0.25, -0.2) is 13.8 Å². The van der Waals surface area contributed by atoms with Gasteiger partial charge in [-0.1, -0.05) is 0 Å².